The third-order valence-electron chi connectivity index (χ3n) is 2.85. The van der Waals surface area contributed by atoms with Gasteiger partial charge in [0.1, 0.15) is 12.2 Å². The first kappa shape index (κ1) is 10.6. The maximum absolute atomic E-state index is 5.50. The predicted molar refractivity (Wildman–Crippen MR) is 56.3 cm³/mol. The minimum Gasteiger partial charge on any atom is -0.378 e. The molecule has 5 nitrogen and oxygen atoms in total. The monoisotopic (exact) mass is 210 g/mol. The Labute approximate surface area is 89.8 Å². The van der Waals surface area contributed by atoms with Crippen molar-refractivity contribution < 1.29 is 4.74 Å². The topological polar surface area (TPSA) is 52.0 Å². The smallest absolute Gasteiger partial charge is 0.146 e. The van der Waals surface area contributed by atoms with E-state index in [0.29, 0.717) is 12.1 Å². The van der Waals surface area contributed by atoms with Gasteiger partial charge in [-0.15, -0.1) is 10.2 Å². The van der Waals surface area contributed by atoms with Crippen molar-refractivity contribution in [2.75, 3.05) is 6.61 Å². The summed E-state index contributed by atoms with van der Waals surface area (Å²) in [5.74, 6) is 0.981. The van der Waals surface area contributed by atoms with Crippen molar-refractivity contribution in [2.24, 2.45) is 7.05 Å². The lowest BCUT2D eigenvalue weighted by Gasteiger charge is -2.35. The Hall–Kier alpha value is -0.940. The van der Waals surface area contributed by atoms with Crippen LogP contribution < -0.4 is 5.32 Å². The van der Waals surface area contributed by atoms with Crippen LogP contribution >= 0.6 is 0 Å². The molecule has 0 bridgehead atoms. The SMILES string of the molecule is CCOC1CC(NCc2nncn2C)C1. The van der Waals surface area contributed by atoms with Crippen LogP contribution in [0.5, 0.6) is 0 Å². The lowest BCUT2D eigenvalue weighted by atomic mass is 9.89. The van der Waals surface area contributed by atoms with Gasteiger partial charge in [-0.05, 0) is 19.8 Å². The molecular weight excluding hydrogens is 192 g/mol. The number of hydrogen-bond donors (Lipinski definition) is 1. The van der Waals surface area contributed by atoms with E-state index in [4.69, 9.17) is 4.74 Å². The summed E-state index contributed by atoms with van der Waals surface area (Å²) < 4.78 is 7.43. The zero-order valence-corrected chi connectivity index (χ0v) is 9.31. The van der Waals surface area contributed by atoms with Crippen molar-refractivity contribution in [1.82, 2.24) is 20.1 Å². The fraction of sp³-hybridized carbons (Fsp3) is 0.800. The van der Waals surface area contributed by atoms with E-state index in [1.807, 2.05) is 18.5 Å². The predicted octanol–water partition coefficient (Wildman–Crippen LogP) is 0.472. The van der Waals surface area contributed by atoms with Gasteiger partial charge in [0, 0.05) is 19.7 Å². The van der Waals surface area contributed by atoms with Crippen LogP contribution in [0.15, 0.2) is 6.33 Å². The van der Waals surface area contributed by atoms with E-state index in [2.05, 4.69) is 15.5 Å². The second-order valence-electron chi connectivity index (χ2n) is 3.98. The van der Waals surface area contributed by atoms with E-state index in [1.165, 1.54) is 0 Å². The number of rotatable bonds is 5. The van der Waals surface area contributed by atoms with E-state index in [-0.39, 0.29) is 0 Å². The van der Waals surface area contributed by atoms with Gasteiger partial charge in [0.2, 0.25) is 0 Å². The van der Waals surface area contributed by atoms with Crippen molar-refractivity contribution in [3.63, 3.8) is 0 Å². The lowest BCUT2D eigenvalue weighted by Crippen LogP contribution is -2.45. The largest absolute Gasteiger partial charge is 0.378 e. The highest BCUT2D eigenvalue weighted by molar-refractivity contribution is 4.90. The van der Waals surface area contributed by atoms with Crippen LogP contribution in [0.1, 0.15) is 25.6 Å². The van der Waals surface area contributed by atoms with Crippen molar-refractivity contribution in [3.05, 3.63) is 12.2 Å². The van der Waals surface area contributed by atoms with Crippen LogP contribution in [0.3, 0.4) is 0 Å². The van der Waals surface area contributed by atoms with Gasteiger partial charge in [-0.1, -0.05) is 0 Å². The number of nitrogens with zero attached hydrogens (tertiary/aromatic N) is 3. The Morgan fingerprint density at radius 3 is 3.00 bits per heavy atom. The molecule has 0 amide bonds. The van der Waals surface area contributed by atoms with Crippen molar-refractivity contribution in [3.8, 4) is 0 Å². The van der Waals surface area contributed by atoms with E-state index < -0.39 is 0 Å². The summed E-state index contributed by atoms with van der Waals surface area (Å²) in [5.41, 5.74) is 0. The number of hydrogen-bond acceptors (Lipinski definition) is 4. The molecule has 1 heterocycles. The van der Waals surface area contributed by atoms with E-state index in [0.717, 1.165) is 31.8 Å². The Morgan fingerprint density at radius 1 is 1.60 bits per heavy atom. The summed E-state index contributed by atoms with van der Waals surface area (Å²) in [4.78, 5) is 0. The summed E-state index contributed by atoms with van der Waals surface area (Å²) in [7, 11) is 1.96. The van der Waals surface area contributed by atoms with Gasteiger partial charge in [0.25, 0.3) is 0 Å². The number of ether oxygens (including phenoxy) is 1. The van der Waals surface area contributed by atoms with Crippen molar-refractivity contribution >= 4 is 0 Å². The third kappa shape index (κ3) is 2.54. The molecule has 0 atom stereocenters. The van der Waals surface area contributed by atoms with Crippen molar-refractivity contribution in [2.45, 2.75) is 38.5 Å². The van der Waals surface area contributed by atoms with Crippen LogP contribution in [-0.2, 0) is 18.3 Å². The van der Waals surface area contributed by atoms with Gasteiger partial charge in [-0.2, -0.15) is 0 Å². The van der Waals surface area contributed by atoms with Gasteiger partial charge in [-0.3, -0.25) is 0 Å². The second-order valence-corrected chi connectivity index (χ2v) is 3.98. The fourth-order valence-corrected chi connectivity index (χ4v) is 1.81. The molecular formula is C10H18N4O. The molecule has 0 unspecified atom stereocenters. The van der Waals surface area contributed by atoms with Gasteiger partial charge >= 0.3 is 0 Å². The molecule has 15 heavy (non-hydrogen) atoms. The molecule has 0 aliphatic heterocycles. The minimum atomic E-state index is 0.465. The lowest BCUT2D eigenvalue weighted by molar-refractivity contribution is -0.0104. The Bertz CT molecular complexity index is 306. The molecule has 1 aromatic rings. The minimum absolute atomic E-state index is 0.465. The highest BCUT2D eigenvalue weighted by atomic mass is 16.5. The quantitative estimate of drug-likeness (QED) is 0.767. The van der Waals surface area contributed by atoms with Crippen LogP contribution in [0, 0.1) is 0 Å². The van der Waals surface area contributed by atoms with Crippen molar-refractivity contribution in [1.29, 1.82) is 0 Å². The molecule has 0 spiro atoms. The standard InChI is InChI=1S/C10H18N4O/c1-3-15-9-4-8(5-9)11-6-10-13-12-7-14(10)2/h7-9,11H,3-6H2,1-2H3. The first-order chi connectivity index (χ1) is 7.29. The highest BCUT2D eigenvalue weighted by Gasteiger charge is 2.29. The summed E-state index contributed by atoms with van der Waals surface area (Å²) in [6, 6.07) is 0.582. The van der Waals surface area contributed by atoms with Gasteiger partial charge in [0.15, 0.2) is 0 Å². The summed E-state index contributed by atoms with van der Waals surface area (Å²) >= 11 is 0. The summed E-state index contributed by atoms with van der Waals surface area (Å²) in [6.07, 6.45) is 4.42. The number of aromatic nitrogens is 3. The molecule has 84 valence electrons. The summed E-state index contributed by atoms with van der Waals surface area (Å²) in [5, 5.41) is 11.3. The fourth-order valence-electron chi connectivity index (χ4n) is 1.81. The van der Waals surface area contributed by atoms with Crippen LogP contribution in [0.4, 0.5) is 0 Å². The average Bonchev–Trinajstić information content (AvgIpc) is 2.55. The average molecular weight is 210 g/mol. The van der Waals surface area contributed by atoms with E-state index in [9.17, 15) is 0 Å². The second kappa shape index (κ2) is 4.72. The Balaban J connectivity index is 1.66. The van der Waals surface area contributed by atoms with Gasteiger partial charge in [-0.25, -0.2) is 0 Å². The molecule has 0 aromatic carbocycles. The molecule has 0 radical (unpaired) electrons. The Morgan fingerprint density at radius 2 is 2.40 bits per heavy atom. The van der Waals surface area contributed by atoms with Crippen LogP contribution in [-0.4, -0.2) is 33.5 Å². The van der Waals surface area contributed by atoms with Gasteiger partial charge < -0.3 is 14.6 Å². The molecule has 1 saturated carbocycles. The molecule has 1 aliphatic rings. The molecule has 1 N–H and O–H groups in total. The number of nitrogens with one attached hydrogen (secondary N) is 1. The normalized spacial score (nSPS) is 25.2. The molecule has 0 saturated heterocycles. The molecule has 1 fully saturated rings. The van der Waals surface area contributed by atoms with E-state index >= 15 is 0 Å². The molecule has 5 heteroatoms. The van der Waals surface area contributed by atoms with E-state index in [1.54, 1.807) is 6.33 Å². The maximum Gasteiger partial charge on any atom is 0.146 e. The van der Waals surface area contributed by atoms with Gasteiger partial charge in [0.05, 0.1) is 12.6 Å². The first-order valence-electron chi connectivity index (χ1n) is 5.47. The summed E-state index contributed by atoms with van der Waals surface area (Å²) in [6.45, 7) is 3.65. The molecule has 2 rings (SSSR count). The molecule has 1 aromatic heterocycles. The highest BCUT2D eigenvalue weighted by Crippen LogP contribution is 2.23. The third-order valence-corrected chi connectivity index (χ3v) is 2.85. The first-order valence-corrected chi connectivity index (χ1v) is 5.47. The zero-order chi connectivity index (χ0) is 10.7. The number of aryl methyl sites for hydroxylation is 1. The zero-order valence-electron chi connectivity index (χ0n) is 9.31. The van der Waals surface area contributed by atoms with Crippen LogP contribution in [0.25, 0.3) is 0 Å². The van der Waals surface area contributed by atoms with Crippen LogP contribution in [0.2, 0.25) is 0 Å². The maximum atomic E-state index is 5.50. The molecule has 1 aliphatic carbocycles. The Kier molecular flexibility index (Phi) is 3.33.